The molecule has 0 unspecified atom stereocenters. The van der Waals surface area contributed by atoms with Crippen molar-refractivity contribution in [1.82, 2.24) is 5.32 Å². The van der Waals surface area contributed by atoms with Gasteiger partial charge in [0, 0.05) is 18.5 Å². The van der Waals surface area contributed by atoms with Gasteiger partial charge in [-0.15, -0.1) is 0 Å². The number of allylic oxidation sites excluding steroid dienone is 2. The van der Waals surface area contributed by atoms with Crippen LogP contribution in [0.4, 0.5) is 0 Å². The molecule has 1 aromatic rings. The minimum atomic E-state index is -0.780. The van der Waals surface area contributed by atoms with Crippen LogP contribution in [-0.4, -0.2) is 37.6 Å². The Morgan fingerprint density at radius 1 is 1.42 bits per heavy atom. The molecule has 1 fully saturated rings. The summed E-state index contributed by atoms with van der Waals surface area (Å²) in [6, 6.07) is 3.65. The van der Waals surface area contributed by atoms with E-state index in [2.05, 4.69) is 25.2 Å². The third-order valence-corrected chi connectivity index (χ3v) is 5.22. The molecule has 2 aliphatic heterocycles. The van der Waals surface area contributed by atoms with Gasteiger partial charge in [-0.2, -0.15) is 0 Å². The third-order valence-electron chi connectivity index (χ3n) is 5.22. The number of carboxylic acid groups (broad SMARTS) is 1. The maximum absolute atomic E-state index is 12.1. The molecule has 6 nitrogen and oxygen atoms in total. The number of aliphatic carboxylic acids is 1. The van der Waals surface area contributed by atoms with Crippen LogP contribution in [0.15, 0.2) is 24.3 Å². The number of methoxy groups -OCH3 is 1. The van der Waals surface area contributed by atoms with Crippen molar-refractivity contribution in [2.24, 2.45) is 11.3 Å². The van der Waals surface area contributed by atoms with Crippen molar-refractivity contribution < 1.29 is 24.1 Å². The summed E-state index contributed by atoms with van der Waals surface area (Å²) in [5.74, 6) is 0.336. The van der Waals surface area contributed by atoms with Gasteiger partial charge >= 0.3 is 5.97 Å². The van der Waals surface area contributed by atoms with Crippen LogP contribution in [0, 0.1) is 11.3 Å². The van der Waals surface area contributed by atoms with Crippen molar-refractivity contribution in [2.45, 2.75) is 39.2 Å². The molecule has 2 heterocycles. The molecule has 1 aromatic carbocycles. The first kappa shape index (κ1) is 18.6. The normalized spacial score (nSPS) is 25.0. The standard InChI is InChI=1S/C20H27NO5/c1-5-6-20(2,3)9-14-17(19(22)23)13(10-21-14)12-7-15(24-4)18-16(8-12)25-11-26-18/h5-8,13-14,17,21H,9-11H2,1-4H3,(H,22,23)/t13-,14+,17-/m1/s1. The van der Waals surface area contributed by atoms with E-state index in [0.717, 1.165) is 12.0 Å². The highest BCUT2D eigenvalue weighted by atomic mass is 16.7. The lowest BCUT2D eigenvalue weighted by Crippen LogP contribution is -2.36. The highest BCUT2D eigenvalue weighted by molar-refractivity contribution is 5.73. The van der Waals surface area contributed by atoms with Gasteiger partial charge in [-0.1, -0.05) is 26.0 Å². The monoisotopic (exact) mass is 361 g/mol. The molecule has 142 valence electrons. The Morgan fingerprint density at radius 2 is 2.19 bits per heavy atom. The molecule has 2 N–H and O–H groups in total. The maximum atomic E-state index is 12.1. The van der Waals surface area contributed by atoms with E-state index in [1.807, 2.05) is 25.1 Å². The summed E-state index contributed by atoms with van der Waals surface area (Å²) in [5, 5.41) is 13.3. The minimum Gasteiger partial charge on any atom is -0.493 e. The summed E-state index contributed by atoms with van der Waals surface area (Å²) in [6.45, 7) is 7.01. The van der Waals surface area contributed by atoms with Crippen molar-refractivity contribution in [3.63, 3.8) is 0 Å². The fourth-order valence-electron chi connectivity index (χ4n) is 4.13. The van der Waals surface area contributed by atoms with Crippen LogP contribution in [0.1, 0.15) is 38.7 Å². The molecule has 3 rings (SSSR count). The van der Waals surface area contributed by atoms with E-state index in [0.29, 0.717) is 23.8 Å². The average Bonchev–Trinajstić information content (AvgIpc) is 3.19. The first-order valence-electron chi connectivity index (χ1n) is 8.94. The number of ether oxygens (including phenoxy) is 3. The Balaban J connectivity index is 1.90. The lowest BCUT2D eigenvalue weighted by molar-refractivity contribution is -0.142. The molecule has 0 radical (unpaired) electrons. The number of hydrogen-bond acceptors (Lipinski definition) is 5. The van der Waals surface area contributed by atoms with Gasteiger partial charge < -0.3 is 24.6 Å². The van der Waals surface area contributed by atoms with E-state index in [1.54, 1.807) is 7.11 Å². The average molecular weight is 361 g/mol. The largest absolute Gasteiger partial charge is 0.493 e. The summed E-state index contributed by atoms with van der Waals surface area (Å²) in [4.78, 5) is 12.1. The van der Waals surface area contributed by atoms with E-state index in [-0.39, 0.29) is 24.2 Å². The van der Waals surface area contributed by atoms with Crippen molar-refractivity contribution >= 4 is 5.97 Å². The van der Waals surface area contributed by atoms with E-state index in [9.17, 15) is 9.90 Å². The van der Waals surface area contributed by atoms with Gasteiger partial charge in [-0.05, 0) is 36.5 Å². The summed E-state index contributed by atoms with van der Waals surface area (Å²) in [7, 11) is 1.57. The molecule has 0 aliphatic carbocycles. The lowest BCUT2D eigenvalue weighted by atomic mass is 9.78. The predicted octanol–water partition coefficient (Wildman–Crippen LogP) is 3.17. The topological polar surface area (TPSA) is 77.0 Å². The van der Waals surface area contributed by atoms with E-state index < -0.39 is 11.9 Å². The highest BCUT2D eigenvalue weighted by Gasteiger charge is 2.44. The second kappa shape index (κ2) is 7.19. The molecule has 0 amide bonds. The van der Waals surface area contributed by atoms with Gasteiger partial charge in [0.25, 0.3) is 0 Å². The Morgan fingerprint density at radius 3 is 2.85 bits per heavy atom. The summed E-state index contributed by atoms with van der Waals surface area (Å²) >= 11 is 0. The van der Waals surface area contributed by atoms with Gasteiger partial charge in [0.1, 0.15) is 0 Å². The Bertz CT molecular complexity index is 712. The summed E-state index contributed by atoms with van der Waals surface area (Å²) < 4.78 is 16.3. The van der Waals surface area contributed by atoms with Crippen LogP contribution in [0.25, 0.3) is 0 Å². The van der Waals surface area contributed by atoms with Crippen LogP contribution in [0.3, 0.4) is 0 Å². The Labute approximate surface area is 154 Å². The minimum absolute atomic E-state index is 0.0679. The van der Waals surface area contributed by atoms with Crippen LogP contribution in [0.5, 0.6) is 17.2 Å². The highest BCUT2D eigenvalue weighted by Crippen LogP contribution is 2.46. The van der Waals surface area contributed by atoms with Gasteiger partial charge in [0.15, 0.2) is 11.5 Å². The number of benzene rings is 1. The lowest BCUT2D eigenvalue weighted by Gasteiger charge is -2.28. The van der Waals surface area contributed by atoms with Gasteiger partial charge in [-0.25, -0.2) is 0 Å². The molecule has 3 atom stereocenters. The maximum Gasteiger partial charge on any atom is 0.308 e. The number of rotatable bonds is 6. The molecule has 2 aliphatic rings. The smallest absolute Gasteiger partial charge is 0.308 e. The summed E-state index contributed by atoms with van der Waals surface area (Å²) in [5.41, 5.74) is 0.832. The van der Waals surface area contributed by atoms with Crippen molar-refractivity contribution in [3.05, 3.63) is 29.8 Å². The molecule has 6 heteroatoms. The van der Waals surface area contributed by atoms with Gasteiger partial charge in [-0.3, -0.25) is 4.79 Å². The number of hydrogen-bond donors (Lipinski definition) is 2. The van der Waals surface area contributed by atoms with Crippen LogP contribution in [-0.2, 0) is 4.79 Å². The fourth-order valence-corrected chi connectivity index (χ4v) is 4.13. The summed E-state index contributed by atoms with van der Waals surface area (Å²) in [6.07, 6.45) is 4.90. The fraction of sp³-hybridized carbons (Fsp3) is 0.550. The van der Waals surface area contributed by atoms with E-state index in [1.165, 1.54) is 0 Å². The number of carbonyl (C=O) groups is 1. The van der Waals surface area contributed by atoms with Gasteiger partial charge in [0.2, 0.25) is 12.5 Å². The molecule has 26 heavy (non-hydrogen) atoms. The van der Waals surface area contributed by atoms with Crippen LogP contribution in [0.2, 0.25) is 0 Å². The molecular weight excluding hydrogens is 334 g/mol. The van der Waals surface area contributed by atoms with Crippen molar-refractivity contribution in [3.8, 4) is 17.2 Å². The second-order valence-corrected chi connectivity index (χ2v) is 7.63. The Kier molecular flexibility index (Phi) is 5.14. The number of carboxylic acids is 1. The van der Waals surface area contributed by atoms with Gasteiger partial charge in [0.05, 0.1) is 13.0 Å². The quantitative estimate of drug-likeness (QED) is 0.758. The number of nitrogens with one attached hydrogen (secondary N) is 1. The molecule has 0 spiro atoms. The molecule has 1 saturated heterocycles. The zero-order valence-electron chi connectivity index (χ0n) is 15.7. The van der Waals surface area contributed by atoms with E-state index >= 15 is 0 Å². The molecule has 0 saturated carbocycles. The van der Waals surface area contributed by atoms with Crippen molar-refractivity contribution in [2.75, 3.05) is 20.4 Å². The Hall–Kier alpha value is -2.21. The van der Waals surface area contributed by atoms with E-state index in [4.69, 9.17) is 14.2 Å². The van der Waals surface area contributed by atoms with Crippen molar-refractivity contribution in [1.29, 1.82) is 0 Å². The SMILES string of the molecule is CC=CC(C)(C)C[C@@H]1NC[C@H](c2cc(OC)c3c(c2)OCO3)[C@H]1C(=O)O. The molecule has 0 aromatic heterocycles. The zero-order chi connectivity index (χ0) is 18.9. The first-order chi connectivity index (χ1) is 12.4. The van der Waals surface area contributed by atoms with Crippen LogP contribution >= 0.6 is 0 Å². The second-order valence-electron chi connectivity index (χ2n) is 7.63. The van der Waals surface area contributed by atoms with Crippen LogP contribution < -0.4 is 19.5 Å². The molecule has 0 bridgehead atoms. The third kappa shape index (κ3) is 3.51. The molecular formula is C20H27NO5. The predicted molar refractivity (Wildman–Crippen MR) is 98.0 cm³/mol. The number of fused-ring (bicyclic) bond motifs is 1. The first-order valence-corrected chi connectivity index (χ1v) is 8.94. The zero-order valence-corrected chi connectivity index (χ0v) is 15.7.